The average molecular weight is 1260 g/mol. The van der Waals surface area contributed by atoms with E-state index in [-0.39, 0.29) is 18.0 Å². The predicted octanol–water partition coefficient (Wildman–Crippen LogP) is 9.58. The molecule has 0 bridgehead atoms. The smallest absolute Gasteiger partial charge is 0.407 e. The molecule has 4 aromatic heterocycles. The molecule has 84 heavy (non-hydrogen) atoms. The van der Waals surface area contributed by atoms with E-state index in [1.165, 1.54) is 61.9 Å². The number of nitrogens with one attached hydrogen (secondary N) is 5. The molecular weight excluding hydrogens is 1200 g/mol. The lowest BCUT2D eigenvalue weighted by molar-refractivity contribution is -0.124. The first-order valence-corrected chi connectivity index (χ1v) is 32.6. The van der Waals surface area contributed by atoms with E-state index in [2.05, 4.69) is 21.3 Å². The van der Waals surface area contributed by atoms with Crippen LogP contribution in [0.1, 0.15) is 58.6 Å². The number of carbonyl (C=O) groups excluding carboxylic acids is 4. The highest BCUT2D eigenvalue weighted by Gasteiger charge is 2.28. The zero-order valence-electron chi connectivity index (χ0n) is 45.8. The highest BCUT2D eigenvalue weighted by Crippen LogP contribution is 2.33. The zero-order valence-corrected chi connectivity index (χ0v) is 50.7. The van der Waals surface area contributed by atoms with E-state index in [4.69, 9.17) is 39.0 Å². The quantitative estimate of drug-likeness (QED) is 0.0260. The molecule has 0 unspecified atom stereocenters. The maximum atomic E-state index is 13.5. The van der Waals surface area contributed by atoms with Crippen molar-refractivity contribution in [2.24, 2.45) is 0 Å². The summed E-state index contributed by atoms with van der Waals surface area (Å²) in [5, 5.41) is 21.0. The van der Waals surface area contributed by atoms with Gasteiger partial charge in [0, 0.05) is 42.5 Å². The van der Waals surface area contributed by atoms with Gasteiger partial charge in [0.25, 0.3) is 10.1 Å². The molecule has 4 amide bonds. The molecule has 27 heteroatoms. The fraction of sp³-hybridized carbons (Fsp3) is 0.263. The summed E-state index contributed by atoms with van der Waals surface area (Å²) in [6, 6.07) is 38.0. The molecule has 9 rings (SSSR count). The van der Waals surface area contributed by atoms with Crippen molar-refractivity contribution in [3.63, 3.8) is 0 Å². The van der Waals surface area contributed by atoms with Gasteiger partial charge in [0.1, 0.15) is 22.1 Å². The second-order valence-electron chi connectivity index (χ2n) is 18.5. The molecule has 4 atom stereocenters. The van der Waals surface area contributed by atoms with Crippen LogP contribution in [0.4, 0.5) is 21.0 Å². The molecular formula is C57H64N8O13S6. The Morgan fingerprint density at radius 2 is 0.952 bits per heavy atom. The van der Waals surface area contributed by atoms with Crippen LogP contribution in [0.2, 0.25) is 0 Å². The second kappa shape index (κ2) is 33.0. The molecule has 1 aliphatic heterocycles. The predicted molar refractivity (Wildman–Crippen MR) is 329 cm³/mol. The molecule has 8 aromatic rings. The number of amides is 4. The number of thiazole rings is 2. The zero-order chi connectivity index (χ0) is 60.5. The number of alkyl carbamates (subject to hydrolysis) is 2. The maximum absolute atomic E-state index is 13.5. The Kier molecular flexibility index (Phi) is 25.8. The second-order valence-corrected chi connectivity index (χ2v) is 24.7. The van der Waals surface area contributed by atoms with Crippen molar-refractivity contribution in [1.82, 2.24) is 31.2 Å². The van der Waals surface area contributed by atoms with E-state index in [9.17, 15) is 36.0 Å². The first kappa shape index (κ1) is 65.6. The molecule has 21 nitrogen and oxygen atoms in total. The monoisotopic (exact) mass is 1260 g/mol. The van der Waals surface area contributed by atoms with Gasteiger partial charge in [0.05, 0.1) is 59.4 Å². The van der Waals surface area contributed by atoms with Gasteiger partial charge >= 0.3 is 22.5 Å². The van der Waals surface area contributed by atoms with Crippen LogP contribution in [0, 0.1) is 0 Å². The summed E-state index contributed by atoms with van der Waals surface area (Å²) in [6.07, 6.45) is 3.32. The van der Waals surface area contributed by atoms with Crippen LogP contribution in [-0.2, 0) is 69.9 Å². The van der Waals surface area contributed by atoms with Gasteiger partial charge in [-0.3, -0.25) is 23.4 Å². The summed E-state index contributed by atoms with van der Waals surface area (Å²) in [5.74, 6) is -0.727. The molecule has 9 N–H and O–H groups in total. The van der Waals surface area contributed by atoms with E-state index in [0.717, 1.165) is 60.9 Å². The lowest BCUT2D eigenvalue weighted by Crippen LogP contribution is -2.49. The first-order chi connectivity index (χ1) is 40.2. The molecule has 1 aliphatic rings. The lowest BCUT2D eigenvalue weighted by atomic mass is 10.0. The van der Waals surface area contributed by atoms with Crippen molar-refractivity contribution in [3.05, 3.63) is 189 Å². The molecule has 5 heterocycles. The molecule has 446 valence electrons. The topological polar surface area (TPSA) is 317 Å². The Morgan fingerprint density at radius 3 is 1.30 bits per heavy atom. The largest absolute Gasteiger partial charge is 0.453 e. The third-order valence-electron chi connectivity index (χ3n) is 11.9. The van der Waals surface area contributed by atoms with Gasteiger partial charge in [-0.15, -0.1) is 45.3 Å². The van der Waals surface area contributed by atoms with Crippen molar-refractivity contribution >= 4 is 101 Å². The number of nitrogens with two attached hydrogens (primary N) is 1. The number of hydrogen-bond donors (Lipinski definition) is 8. The Balaban J connectivity index is 0.000000232. The minimum Gasteiger partial charge on any atom is -0.453 e. The summed E-state index contributed by atoms with van der Waals surface area (Å²) in [5.41, 5.74) is 11.7. The molecule has 0 aliphatic carbocycles. The number of aromatic nitrogens is 2. The number of benzene rings is 4. The number of rotatable bonds is 20. The minimum atomic E-state index is -4.40. The number of methoxy groups -OCH3 is 2. The normalized spacial score (nSPS) is 13.2. The highest BCUT2D eigenvalue weighted by atomic mass is 32.2. The van der Waals surface area contributed by atoms with Crippen molar-refractivity contribution in [2.45, 2.75) is 62.7 Å². The van der Waals surface area contributed by atoms with Crippen LogP contribution < -0.4 is 31.7 Å². The Hall–Kier alpha value is -7.60. The Bertz CT molecular complexity index is 3500. The Morgan fingerprint density at radius 1 is 0.560 bits per heavy atom. The number of ether oxygens (including phenoxy) is 3. The third kappa shape index (κ3) is 23.6. The van der Waals surface area contributed by atoms with E-state index in [0.29, 0.717) is 36.9 Å². The van der Waals surface area contributed by atoms with Crippen molar-refractivity contribution in [3.8, 4) is 19.8 Å². The maximum Gasteiger partial charge on any atom is 0.407 e. The minimum absolute atomic E-state index is 0.195. The number of nitrogen functional groups attached to an aromatic ring is 1. The first-order valence-electron chi connectivity index (χ1n) is 25.8. The summed E-state index contributed by atoms with van der Waals surface area (Å²) >= 11 is 6.18. The summed E-state index contributed by atoms with van der Waals surface area (Å²) in [7, 11) is -5.55. The van der Waals surface area contributed by atoms with Crippen molar-refractivity contribution in [1.29, 1.82) is 0 Å². The average Bonchev–Trinajstić information content (AvgIpc) is 4.53. The van der Waals surface area contributed by atoms with E-state index < -0.39 is 62.7 Å². The highest BCUT2D eigenvalue weighted by molar-refractivity contribution is 7.87. The van der Waals surface area contributed by atoms with Crippen LogP contribution in [0.15, 0.2) is 155 Å². The summed E-state index contributed by atoms with van der Waals surface area (Å²) in [6.45, 7) is 2.00. The van der Waals surface area contributed by atoms with Crippen LogP contribution in [-0.4, -0.2) is 106 Å². The third-order valence-corrected chi connectivity index (χ3v) is 16.2. The SMILES string of the molecule is C1CCOC1.COC(=O)N[C@@H](Cc1ccccc1)C(=O)N[C@H](Cc1ccc(N)cc1)c1csc(-c2cccs2)n1.COC(=O)N[C@@H](Cc1ccccc1)C(=O)N[C@H](Cc1ccc(NS(=O)(=O)O)cc1)c1csc(-c2cccs2)n1.CS(=O)(=O)O. The van der Waals surface area contributed by atoms with Gasteiger partial charge in [-0.2, -0.15) is 16.8 Å². The van der Waals surface area contributed by atoms with Crippen LogP contribution >= 0.6 is 45.3 Å². The molecule has 1 saturated heterocycles. The number of nitrogens with zero attached hydrogens (tertiary/aromatic N) is 2. The number of thiophene rings is 2. The van der Waals surface area contributed by atoms with Gasteiger partial charge in [-0.25, -0.2) is 19.6 Å². The number of anilines is 2. The van der Waals surface area contributed by atoms with Crippen molar-refractivity contribution in [2.75, 3.05) is 44.1 Å². The molecule has 0 radical (unpaired) electrons. The standard InChI is InChI=1S/C26H26N4O6S3.C26H26N4O3S2.C4H8O.CH4O3S/c1-36-26(32)29-21(15-17-6-3-2-4-7-17)24(31)27-20(22-16-38-25(28-22)23-8-5-13-37-23)14-18-9-11-19(12-10-18)30-39(33,34)35;1-33-26(32)30-21(15-17-6-3-2-4-7-17)24(31)28-20(14-18-9-11-19(27)12-10-18)22-16-35-25(29-22)23-8-5-13-34-23;1-2-4-5-3-1;1-5(2,3)4/h2-13,16,20-21,30H,14-15H2,1H3,(H,27,31)(H,29,32)(H,33,34,35);2-13,16,20-21H,14-15,27H2,1H3,(H,28,31)(H,30,32);1-4H2;1H3,(H,2,3,4)/t2*20-,21+;;/m11../s1. The molecule has 4 aromatic carbocycles. The van der Waals surface area contributed by atoms with Crippen molar-refractivity contribution < 1.29 is 59.3 Å². The fourth-order valence-corrected chi connectivity index (χ4v) is 11.7. The van der Waals surface area contributed by atoms with Crippen LogP contribution in [0.25, 0.3) is 19.8 Å². The van der Waals surface area contributed by atoms with E-state index >= 15 is 0 Å². The van der Waals surface area contributed by atoms with Gasteiger partial charge in [-0.1, -0.05) is 97.1 Å². The van der Waals surface area contributed by atoms with Gasteiger partial charge in [0.15, 0.2) is 0 Å². The van der Waals surface area contributed by atoms with Crippen LogP contribution in [0.5, 0.6) is 0 Å². The molecule has 1 fully saturated rings. The Labute approximate surface area is 503 Å². The number of hydrogen-bond acceptors (Lipinski definition) is 18. The van der Waals surface area contributed by atoms with Gasteiger partial charge in [0.2, 0.25) is 11.8 Å². The van der Waals surface area contributed by atoms with E-state index in [1.54, 1.807) is 34.8 Å². The number of carbonyl (C=O) groups is 4. The van der Waals surface area contributed by atoms with Gasteiger partial charge < -0.3 is 41.2 Å². The fourth-order valence-electron chi connectivity index (χ4n) is 7.94. The molecule has 0 saturated carbocycles. The summed E-state index contributed by atoms with van der Waals surface area (Å²) < 4.78 is 73.6. The van der Waals surface area contributed by atoms with E-state index in [1.807, 2.05) is 135 Å². The van der Waals surface area contributed by atoms with Crippen LogP contribution in [0.3, 0.4) is 0 Å². The lowest BCUT2D eigenvalue weighted by Gasteiger charge is -2.23. The summed E-state index contributed by atoms with van der Waals surface area (Å²) in [4.78, 5) is 62.7. The van der Waals surface area contributed by atoms with Gasteiger partial charge in [-0.05, 0) is 95.1 Å². The molecule has 0 spiro atoms.